The van der Waals surface area contributed by atoms with Gasteiger partial charge in [0.05, 0.1) is 11.6 Å². The van der Waals surface area contributed by atoms with E-state index in [-0.39, 0.29) is 0 Å². The van der Waals surface area contributed by atoms with Gasteiger partial charge in [0.2, 0.25) is 0 Å². The summed E-state index contributed by atoms with van der Waals surface area (Å²) in [7, 11) is 0. The minimum absolute atomic E-state index is 0.705. The number of hydrogen-bond acceptors (Lipinski definition) is 2. The highest BCUT2D eigenvalue weighted by atomic mass is 79.9. The van der Waals surface area contributed by atoms with Gasteiger partial charge in [-0.05, 0) is 46.3 Å². The molecule has 0 spiro atoms. The van der Waals surface area contributed by atoms with E-state index < -0.39 is 0 Å². The summed E-state index contributed by atoms with van der Waals surface area (Å²) in [5, 5.41) is 8.69. The molecule has 0 radical (unpaired) electrons. The van der Waals surface area contributed by atoms with Gasteiger partial charge in [0.1, 0.15) is 0 Å². The Hall–Kier alpha value is -0.460. The summed E-state index contributed by atoms with van der Waals surface area (Å²) in [6.45, 7) is 2.19. The lowest BCUT2D eigenvalue weighted by molar-refractivity contribution is 0.896. The minimum Gasteiger partial charge on any atom is -0.192 e. The van der Waals surface area contributed by atoms with Crippen LogP contribution in [0.15, 0.2) is 27.6 Å². The lowest BCUT2D eigenvalue weighted by Crippen LogP contribution is -1.81. The van der Waals surface area contributed by atoms with Gasteiger partial charge in [-0.25, -0.2) is 0 Å². The molecule has 0 saturated carbocycles. The predicted octanol–water partition coefficient (Wildman–Crippen LogP) is 4.21. The van der Waals surface area contributed by atoms with Crippen molar-refractivity contribution in [2.45, 2.75) is 24.7 Å². The summed E-state index contributed by atoms with van der Waals surface area (Å²) in [5.74, 6) is 1.14. The van der Waals surface area contributed by atoms with Crippen LogP contribution in [0.4, 0.5) is 0 Å². The van der Waals surface area contributed by atoms with Crippen molar-refractivity contribution in [2.75, 3.05) is 5.75 Å². The monoisotopic (exact) mass is 269 g/mol. The van der Waals surface area contributed by atoms with Crippen LogP contribution in [0.2, 0.25) is 0 Å². The van der Waals surface area contributed by atoms with Crippen LogP contribution in [0.5, 0.6) is 0 Å². The molecular weight excluding hydrogens is 258 g/mol. The highest BCUT2D eigenvalue weighted by Gasteiger charge is 2.01. The zero-order valence-electron chi connectivity index (χ0n) is 8.09. The van der Waals surface area contributed by atoms with Gasteiger partial charge in [-0.3, -0.25) is 0 Å². The molecule has 0 atom stereocenters. The predicted molar refractivity (Wildman–Crippen MR) is 64.5 cm³/mol. The second-order valence-electron chi connectivity index (χ2n) is 2.96. The highest BCUT2D eigenvalue weighted by molar-refractivity contribution is 9.10. The average Bonchev–Trinajstić information content (AvgIpc) is 2.20. The van der Waals surface area contributed by atoms with E-state index in [4.69, 9.17) is 5.26 Å². The van der Waals surface area contributed by atoms with Gasteiger partial charge in [0, 0.05) is 9.37 Å². The maximum atomic E-state index is 8.69. The third-order valence-corrected chi connectivity index (χ3v) is 3.89. The van der Waals surface area contributed by atoms with Crippen LogP contribution in [0.3, 0.4) is 0 Å². The number of rotatable bonds is 4. The summed E-state index contributed by atoms with van der Waals surface area (Å²) in [5.41, 5.74) is 0.705. The molecule has 1 rings (SSSR count). The van der Waals surface area contributed by atoms with E-state index >= 15 is 0 Å². The van der Waals surface area contributed by atoms with Crippen LogP contribution in [-0.4, -0.2) is 5.75 Å². The van der Waals surface area contributed by atoms with Gasteiger partial charge in [-0.15, -0.1) is 11.8 Å². The smallest absolute Gasteiger partial charge is 0.0992 e. The molecule has 74 valence electrons. The summed E-state index contributed by atoms with van der Waals surface area (Å²) in [4.78, 5) is 1.22. The Bertz CT molecular complexity index is 344. The summed E-state index contributed by atoms with van der Waals surface area (Å²) >= 11 is 5.30. The molecule has 0 saturated heterocycles. The van der Waals surface area contributed by atoms with Crippen molar-refractivity contribution in [3.8, 4) is 6.07 Å². The van der Waals surface area contributed by atoms with E-state index in [0.717, 1.165) is 10.2 Å². The lowest BCUT2D eigenvalue weighted by atomic mass is 10.2. The standard InChI is InChI=1S/C11H12BrNS/c1-2-3-6-14-11-5-4-9(8-13)7-10(11)12/h4-5,7H,2-3,6H2,1H3. The largest absolute Gasteiger partial charge is 0.192 e. The Morgan fingerprint density at radius 1 is 1.50 bits per heavy atom. The van der Waals surface area contributed by atoms with Crippen molar-refractivity contribution in [3.05, 3.63) is 28.2 Å². The maximum Gasteiger partial charge on any atom is 0.0992 e. The normalized spacial score (nSPS) is 9.79. The average molecular weight is 270 g/mol. The summed E-state index contributed by atoms with van der Waals surface area (Å²) in [6.07, 6.45) is 2.46. The summed E-state index contributed by atoms with van der Waals surface area (Å²) < 4.78 is 1.03. The van der Waals surface area contributed by atoms with Gasteiger partial charge in [-0.2, -0.15) is 5.26 Å². The first-order valence-corrected chi connectivity index (χ1v) is 6.38. The molecular formula is C11H12BrNS. The summed E-state index contributed by atoms with van der Waals surface area (Å²) in [6, 6.07) is 7.86. The Kier molecular flexibility index (Phi) is 5.06. The van der Waals surface area contributed by atoms with E-state index in [1.807, 2.05) is 30.0 Å². The molecule has 0 amide bonds. The molecule has 1 nitrogen and oxygen atoms in total. The van der Waals surface area contributed by atoms with Crippen LogP contribution in [0, 0.1) is 11.3 Å². The Morgan fingerprint density at radius 3 is 2.86 bits per heavy atom. The zero-order valence-corrected chi connectivity index (χ0v) is 10.5. The Morgan fingerprint density at radius 2 is 2.29 bits per heavy atom. The van der Waals surface area contributed by atoms with Gasteiger partial charge in [-0.1, -0.05) is 13.3 Å². The van der Waals surface area contributed by atoms with Crippen molar-refractivity contribution in [1.82, 2.24) is 0 Å². The van der Waals surface area contributed by atoms with Crippen LogP contribution >= 0.6 is 27.7 Å². The fourth-order valence-corrected chi connectivity index (χ4v) is 2.75. The third kappa shape index (κ3) is 3.36. The number of hydrogen-bond donors (Lipinski definition) is 0. The maximum absolute atomic E-state index is 8.69. The third-order valence-electron chi connectivity index (χ3n) is 1.82. The van der Waals surface area contributed by atoms with Gasteiger partial charge < -0.3 is 0 Å². The highest BCUT2D eigenvalue weighted by Crippen LogP contribution is 2.28. The van der Waals surface area contributed by atoms with Crippen molar-refractivity contribution in [2.24, 2.45) is 0 Å². The molecule has 0 bridgehead atoms. The van der Waals surface area contributed by atoms with E-state index in [1.54, 1.807) is 0 Å². The van der Waals surface area contributed by atoms with Crippen molar-refractivity contribution >= 4 is 27.7 Å². The van der Waals surface area contributed by atoms with Crippen LogP contribution < -0.4 is 0 Å². The minimum atomic E-state index is 0.705. The van der Waals surface area contributed by atoms with E-state index in [0.29, 0.717) is 5.56 Å². The van der Waals surface area contributed by atoms with Crippen molar-refractivity contribution in [3.63, 3.8) is 0 Å². The second-order valence-corrected chi connectivity index (χ2v) is 4.95. The lowest BCUT2D eigenvalue weighted by Gasteiger charge is -2.03. The molecule has 0 unspecified atom stereocenters. The first kappa shape index (κ1) is 11.6. The fraction of sp³-hybridized carbons (Fsp3) is 0.364. The molecule has 14 heavy (non-hydrogen) atoms. The molecule has 0 fully saturated rings. The number of nitrogens with zero attached hydrogens (tertiary/aromatic N) is 1. The number of thioether (sulfide) groups is 1. The molecule has 0 aliphatic heterocycles. The van der Waals surface area contributed by atoms with E-state index in [9.17, 15) is 0 Å². The Balaban J connectivity index is 2.65. The number of halogens is 1. The van der Waals surface area contributed by atoms with E-state index in [1.165, 1.54) is 17.7 Å². The van der Waals surface area contributed by atoms with E-state index in [2.05, 4.69) is 28.9 Å². The van der Waals surface area contributed by atoms with Crippen LogP contribution in [0.25, 0.3) is 0 Å². The molecule has 1 aromatic rings. The Labute approximate surface area is 97.6 Å². The molecule has 0 heterocycles. The van der Waals surface area contributed by atoms with Crippen LogP contribution in [-0.2, 0) is 0 Å². The van der Waals surface area contributed by atoms with Gasteiger partial charge in [0.25, 0.3) is 0 Å². The molecule has 0 aliphatic carbocycles. The van der Waals surface area contributed by atoms with Gasteiger partial charge >= 0.3 is 0 Å². The van der Waals surface area contributed by atoms with Crippen LogP contribution in [0.1, 0.15) is 25.3 Å². The van der Waals surface area contributed by atoms with Crippen molar-refractivity contribution in [1.29, 1.82) is 5.26 Å². The first-order valence-electron chi connectivity index (χ1n) is 4.60. The molecule has 0 aliphatic rings. The molecule has 0 N–H and O–H groups in total. The molecule has 3 heteroatoms. The molecule has 0 aromatic heterocycles. The fourth-order valence-electron chi connectivity index (χ4n) is 1.01. The topological polar surface area (TPSA) is 23.8 Å². The van der Waals surface area contributed by atoms with Gasteiger partial charge in [0.15, 0.2) is 0 Å². The second kappa shape index (κ2) is 6.10. The van der Waals surface area contributed by atoms with Crippen molar-refractivity contribution < 1.29 is 0 Å². The number of benzene rings is 1. The SMILES string of the molecule is CCCCSc1ccc(C#N)cc1Br. The number of nitriles is 1. The molecule has 1 aromatic carbocycles. The first-order chi connectivity index (χ1) is 6.77. The quantitative estimate of drug-likeness (QED) is 0.604. The number of unbranched alkanes of at least 4 members (excludes halogenated alkanes) is 1. The zero-order chi connectivity index (χ0) is 10.4.